The molecule has 0 aromatic heterocycles. The molecule has 4 aromatic carbocycles. The summed E-state index contributed by atoms with van der Waals surface area (Å²) >= 11 is 0. The number of nitrogens with zero attached hydrogens (tertiary/aromatic N) is 2. The fourth-order valence-electron chi connectivity index (χ4n) is 4.24. The topological polar surface area (TPSA) is 32.7 Å². The van der Waals surface area contributed by atoms with Crippen molar-refractivity contribution in [2.24, 2.45) is 4.99 Å². The Bertz CT molecular complexity index is 1260. The van der Waals surface area contributed by atoms with Gasteiger partial charge in [-0.05, 0) is 25.1 Å². The second-order valence-corrected chi connectivity index (χ2v) is 8.07. The number of fused-ring (bicyclic) bond motifs is 1. The average molecular weight is 417 g/mol. The normalized spacial score (nSPS) is 15.1. The Morgan fingerprint density at radius 3 is 2.12 bits per heavy atom. The van der Waals surface area contributed by atoms with Gasteiger partial charge in [0.2, 0.25) is 0 Å². The zero-order valence-electron chi connectivity index (χ0n) is 18.0. The van der Waals surface area contributed by atoms with E-state index in [1.54, 1.807) is 0 Å². The van der Waals surface area contributed by atoms with E-state index >= 15 is 0 Å². The van der Waals surface area contributed by atoms with Gasteiger partial charge in [-0.1, -0.05) is 96.6 Å². The quantitative estimate of drug-likeness (QED) is 0.331. The molecule has 0 saturated carbocycles. The van der Waals surface area contributed by atoms with E-state index in [1.807, 2.05) is 85.8 Å². The zero-order valence-corrected chi connectivity index (χ0v) is 18.0. The number of rotatable bonds is 5. The van der Waals surface area contributed by atoms with E-state index in [0.717, 1.165) is 39.5 Å². The number of anilines is 1. The highest BCUT2D eigenvalue weighted by atomic mass is 16.1. The number of hydrogen-bond acceptors (Lipinski definition) is 3. The third kappa shape index (κ3) is 3.85. The Hall–Kier alpha value is -3.98. The minimum Gasteiger partial charge on any atom is -0.318 e. The second kappa shape index (κ2) is 8.64. The third-order valence-electron chi connectivity index (χ3n) is 5.88. The van der Waals surface area contributed by atoms with Gasteiger partial charge in [0.15, 0.2) is 5.78 Å². The summed E-state index contributed by atoms with van der Waals surface area (Å²) in [6.07, 6.45) is 0.362. The van der Waals surface area contributed by atoms with E-state index in [1.165, 1.54) is 0 Å². The van der Waals surface area contributed by atoms with Crippen LogP contribution in [-0.2, 0) is 0 Å². The molecule has 0 N–H and O–H groups in total. The van der Waals surface area contributed by atoms with Crippen molar-refractivity contribution in [3.8, 4) is 0 Å². The van der Waals surface area contributed by atoms with Crippen LogP contribution in [0.3, 0.4) is 0 Å². The van der Waals surface area contributed by atoms with Crippen molar-refractivity contribution < 1.29 is 4.79 Å². The molecule has 0 fully saturated rings. The molecule has 1 heterocycles. The van der Waals surface area contributed by atoms with Crippen LogP contribution in [0.1, 0.15) is 39.5 Å². The van der Waals surface area contributed by atoms with Gasteiger partial charge in [0, 0.05) is 28.8 Å². The highest BCUT2D eigenvalue weighted by Crippen LogP contribution is 2.41. The summed E-state index contributed by atoms with van der Waals surface area (Å²) in [6, 6.07) is 36.2. The van der Waals surface area contributed by atoms with Gasteiger partial charge in [0.25, 0.3) is 0 Å². The third-order valence-corrected chi connectivity index (χ3v) is 5.88. The molecule has 0 bridgehead atoms. The molecule has 3 nitrogen and oxygen atoms in total. The molecular formula is C29H24N2O. The van der Waals surface area contributed by atoms with Gasteiger partial charge in [-0.2, -0.15) is 0 Å². The Morgan fingerprint density at radius 1 is 0.781 bits per heavy atom. The lowest BCUT2D eigenvalue weighted by Crippen LogP contribution is -2.39. The van der Waals surface area contributed by atoms with E-state index < -0.39 is 0 Å². The second-order valence-electron chi connectivity index (χ2n) is 8.07. The number of Topliss-reactive ketones (excluding diaryl/α,β-unsaturated/α-hetero) is 1. The van der Waals surface area contributed by atoms with Crippen molar-refractivity contribution in [1.82, 2.24) is 0 Å². The molecule has 4 aromatic rings. The van der Waals surface area contributed by atoms with Gasteiger partial charge in [-0.3, -0.25) is 4.79 Å². The molecule has 0 aliphatic carbocycles. The number of carbonyl (C=O) groups excluding carboxylic acids is 1. The van der Waals surface area contributed by atoms with Crippen LogP contribution in [0.2, 0.25) is 0 Å². The minimum absolute atomic E-state index is 0.125. The molecule has 1 unspecified atom stereocenters. The number of hydrogen-bond donors (Lipinski definition) is 0. The first-order valence-corrected chi connectivity index (χ1v) is 10.9. The van der Waals surface area contributed by atoms with Crippen LogP contribution in [0, 0.1) is 6.92 Å². The molecule has 0 amide bonds. The fourth-order valence-corrected chi connectivity index (χ4v) is 4.24. The Balaban J connectivity index is 1.64. The summed E-state index contributed by atoms with van der Waals surface area (Å²) in [5.74, 6) is 0.984. The van der Waals surface area contributed by atoms with Crippen LogP contribution < -0.4 is 4.90 Å². The standard InChI is InChI=1S/C29H24N2O/c1-21-16-18-22(19-17-21)28(32)20-27-25-14-8-9-15-26(25)30-29(23-10-4-2-5-11-23)31(27)24-12-6-3-7-13-24/h2-19,27H,20H2,1H3. The summed E-state index contributed by atoms with van der Waals surface area (Å²) in [7, 11) is 0. The van der Waals surface area contributed by atoms with Crippen molar-refractivity contribution in [3.05, 3.63) is 131 Å². The molecule has 1 atom stereocenters. The monoisotopic (exact) mass is 416 g/mol. The Labute approximate surface area is 188 Å². The SMILES string of the molecule is Cc1ccc(C(=O)CC2c3ccccc3N=C(c3ccccc3)N2c2ccccc2)cc1. The van der Waals surface area contributed by atoms with Crippen molar-refractivity contribution in [2.45, 2.75) is 19.4 Å². The number of benzene rings is 4. The van der Waals surface area contributed by atoms with Crippen LogP contribution in [0.4, 0.5) is 11.4 Å². The number of carbonyl (C=O) groups is 1. The van der Waals surface area contributed by atoms with E-state index in [0.29, 0.717) is 6.42 Å². The maximum Gasteiger partial charge on any atom is 0.165 e. The van der Waals surface area contributed by atoms with E-state index in [9.17, 15) is 4.79 Å². The van der Waals surface area contributed by atoms with Gasteiger partial charge < -0.3 is 4.90 Å². The first-order valence-electron chi connectivity index (χ1n) is 10.9. The first-order chi connectivity index (χ1) is 15.7. The summed E-state index contributed by atoms with van der Waals surface area (Å²) in [4.78, 5) is 20.6. The Morgan fingerprint density at radius 2 is 1.41 bits per heavy atom. The first kappa shape index (κ1) is 20.0. The summed E-state index contributed by atoms with van der Waals surface area (Å²) < 4.78 is 0. The summed E-state index contributed by atoms with van der Waals surface area (Å²) in [6.45, 7) is 2.03. The number of amidine groups is 1. The van der Waals surface area contributed by atoms with Gasteiger partial charge in [-0.25, -0.2) is 4.99 Å². The van der Waals surface area contributed by atoms with Gasteiger partial charge in [-0.15, -0.1) is 0 Å². The minimum atomic E-state index is -0.157. The highest BCUT2D eigenvalue weighted by Gasteiger charge is 2.33. The van der Waals surface area contributed by atoms with Crippen molar-refractivity contribution >= 4 is 23.0 Å². The highest BCUT2D eigenvalue weighted by molar-refractivity contribution is 6.13. The predicted octanol–water partition coefficient (Wildman–Crippen LogP) is 6.91. The number of ketones is 1. The van der Waals surface area contributed by atoms with Gasteiger partial charge in [0.1, 0.15) is 5.84 Å². The summed E-state index contributed by atoms with van der Waals surface area (Å²) in [5.41, 5.74) is 5.92. The molecule has 32 heavy (non-hydrogen) atoms. The molecule has 1 aliphatic rings. The van der Waals surface area contributed by atoms with Crippen molar-refractivity contribution in [1.29, 1.82) is 0 Å². The molecule has 3 heteroatoms. The van der Waals surface area contributed by atoms with Gasteiger partial charge >= 0.3 is 0 Å². The molecule has 156 valence electrons. The number of para-hydroxylation sites is 2. The van der Waals surface area contributed by atoms with Gasteiger partial charge in [0.05, 0.1) is 11.7 Å². The maximum absolute atomic E-state index is 13.4. The number of aryl methyl sites for hydroxylation is 1. The van der Waals surface area contributed by atoms with Crippen LogP contribution >= 0.6 is 0 Å². The molecule has 0 radical (unpaired) electrons. The van der Waals surface area contributed by atoms with E-state index in [-0.39, 0.29) is 11.8 Å². The predicted molar refractivity (Wildman–Crippen MR) is 131 cm³/mol. The van der Waals surface area contributed by atoms with Crippen LogP contribution in [0.15, 0.2) is 114 Å². The summed E-state index contributed by atoms with van der Waals surface area (Å²) in [5, 5.41) is 0. The van der Waals surface area contributed by atoms with Crippen molar-refractivity contribution in [3.63, 3.8) is 0 Å². The molecular weight excluding hydrogens is 392 g/mol. The molecule has 0 saturated heterocycles. The van der Waals surface area contributed by atoms with Crippen LogP contribution in [0.5, 0.6) is 0 Å². The van der Waals surface area contributed by atoms with E-state index in [4.69, 9.17) is 4.99 Å². The van der Waals surface area contributed by atoms with Crippen molar-refractivity contribution in [2.75, 3.05) is 4.90 Å². The molecule has 5 rings (SSSR count). The smallest absolute Gasteiger partial charge is 0.165 e. The lowest BCUT2D eigenvalue weighted by molar-refractivity contribution is 0.0974. The fraction of sp³-hybridized carbons (Fsp3) is 0.103. The lowest BCUT2D eigenvalue weighted by atomic mass is 9.92. The Kier molecular flexibility index (Phi) is 5.39. The maximum atomic E-state index is 13.4. The molecule has 1 aliphatic heterocycles. The van der Waals surface area contributed by atoms with Crippen LogP contribution in [-0.4, -0.2) is 11.6 Å². The lowest BCUT2D eigenvalue weighted by Gasteiger charge is -2.38. The average Bonchev–Trinajstić information content (AvgIpc) is 2.85. The zero-order chi connectivity index (χ0) is 21.9. The number of aliphatic imine (C=N–C) groups is 1. The van der Waals surface area contributed by atoms with Crippen LogP contribution in [0.25, 0.3) is 0 Å². The largest absolute Gasteiger partial charge is 0.318 e. The molecule has 0 spiro atoms. The van der Waals surface area contributed by atoms with E-state index in [2.05, 4.69) is 35.2 Å².